The maximum atomic E-state index is 12.9. The number of hydrogen-bond donors (Lipinski definition) is 0. The number of nitrogens with zero attached hydrogens (tertiary/aromatic N) is 2. The minimum Gasteiger partial charge on any atom is -0.483 e. The Hall–Kier alpha value is -3.08. The summed E-state index contributed by atoms with van der Waals surface area (Å²) in [5.74, 6) is 0.321. The van der Waals surface area contributed by atoms with Crippen LogP contribution in [0.15, 0.2) is 59.4 Å². The second-order valence-electron chi connectivity index (χ2n) is 6.96. The molecule has 0 aliphatic rings. The fourth-order valence-corrected chi connectivity index (χ4v) is 3.50. The highest BCUT2D eigenvalue weighted by atomic mass is 16.5. The molecule has 0 saturated carbocycles. The predicted molar refractivity (Wildman–Crippen MR) is 118 cm³/mol. The molecule has 0 radical (unpaired) electrons. The Bertz CT molecular complexity index is 1040. The average Bonchev–Trinajstić information content (AvgIpc) is 2.75. The molecule has 0 atom stereocenters. The van der Waals surface area contributed by atoms with Crippen molar-refractivity contribution in [2.75, 3.05) is 18.1 Å². The number of fused-ring (bicyclic) bond motifs is 1. The summed E-state index contributed by atoms with van der Waals surface area (Å²) in [6, 6.07) is 17.1. The minimum absolute atomic E-state index is 0.116. The third-order valence-corrected chi connectivity index (χ3v) is 5.05. The molecule has 2 aromatic carbocycles. The molecule has 0 bridgehead atoms. The van der Waals surface area contributed by atoms with Crippen molar-refractivity contribution in [2.45, 2.75) is 40.2 Å². The number of pyridine rings is 1. The zero-order valence-electron chi connectivity index (χ0n) is 17.4. The van der Waals surface area contributed by atoms with Gasteiger partial charge in [0.25, 0.3) is 11.5 Å². The van der Waals surface area contributed by atoms with Crippen LogP contribution >= 0.6 is 0 Å². The highest BCUT2D eigenvalue weighted by molar-refractivity contribution is 5.95. The molecule has 0 fully saturated rings. The summed E-state index contributed by atoms with van der Waals surface area (Å²) in [5, 5.41) is 0.830. The Labute approximate surface area is 171 Å². The fourth-order valence-electron chi connectivity index (χ4n) is 3.50. The molecule has 0 unspecified atom stereocenters. The molecule has 0 aliphatic heterocycles. The molecular formula is C24H28N2O3. The summed E-state index contributed by atoms with van der Waals surface area (Å²) in [5.41, 5.74) is 2.78. The number of para-hydroxylation sites is 1. The van der Waals surface area contributed by atoms with Crippen molar-refractivity contribution in [3.63, 3.8) is 0 Å². The highest BCUT2D eigenvalue weighted by Gasteiger charge is 2.17. The number of carbonyl (C=O) groups is 1. The predicted octanol–water partition coefficient (Wildman–Crippen LogP) is 4.41. The lowest BCUT2D eigenvalue weighted by molar-refractivity contribution is -0.120. The van der Waals surface area contributed by atoms with Gasteiger partial charge in [0.15, 0.2) is 6.61 Å². The fraction of sp³-hybridized carbons (Fsp3) is 0.333. The lowest BCUT2D eigenvalue weighted by Gasteiger charge is -2.23. The van der Waals surface area contributed by atoms with Crippen LogP contribution in [0.2, 0.25) is 0 Å². The van der Waals surface area contributed by atoms with Crippen molar-refractivity contribution in [1.82, 2.24) is 4.57 Å². The molecule has 0 spiro atoms. The number of aromatic nitrogens is 1. The number of amides is 1. The third-order valence-electron chi connectivity index (χ3n) is 5.05. The zero-order chi connectivity index (χ0) is 20.8. The molecule has 0 N–H and O–H groups in total. The number of ether oxygens (including phenoxy) is 1. The Morgan fingerprint density at radius 2 is 1.76 bits per heavy atom. The van der Waals surface area contributed by atoms with Crippen LogP contribution in [-0.2, 0) is 17.8 Å². The van der Waals surface area contributed by atoms with Gasteiger partial charge >= 0.3 is 0 Å². The summed E-state index contributed by atoms with van der Waals surface area (Å²) < 4.78 is 7.55. The van der Waals surface area contributed by atoms with E-state index in [4.69, 9.17) is 4.74 Å². The minimum atomic E-state index is -0.130. The molecule has 3 aromatic rings. The number of aryl methyl sites for hydroxylation is 2. The Morgan fingerprint density at radius 3 is 2.41 bits per heavy atom. The standard InChI is InChI=1S/C24H28N2O3/c1-4-15-26(19-13-11-18(5-2)12-14-19)24(28)17-29-22-16-23(27)25(6-3)21-10-8-7-9-20(21)22/h7-14,16H,4-6,15,17H2,1-3H3. The van der Waals surface area contributed by atoms with Gasteiger partial charge in [-0.15, -0.1) is 0 Å². The molecular weight excluding hydrogens is 364 g/mol. The Kier molecular flexibility index (Phi) is 6.70. The second-order valence-corrected chi connectivity index (χ2v) is 6.96. The molecule has 1 aromatic heterocycles. The first-order valence-corrected chi connectivity index (χ1v) is 10.2. The highest BCUT2D eigenvalue weighted by Crippen LogP contribution is 2.24. The van der Waals surface area contributed by atoms with Gasteiger partial charge in [-0.25, -0.2) is 0 Å². The van der Waals surface area contributed by atoms with Crippen molar-refractivity contribution in [2.24, 2.45) is 0 Å². The zero-order valence-corrected chi connectivity index (χ0v) is 17.4. The quantitative estimate of drug-likeness (QED) is 0.571. The molecule has 5 nitrogen and oxygen atoms in total. The molecule has 0 saturated heterocycles. The summed E-state index contributed by atoms with van der Waals surface area (Å²) in [6.45, 7) is 7.16. The first-order valence-electron chi connectivity index (χ1n) is 10.2. The maximum Gasteiger partial charge on any atom is 0.264 e. The SMILES string of the molecule is CCCN(C(=O)COc1cc(=O)n(CC)c2ccccc12)c1ccc(CC)cc1. The monoisotopic (exact) mass is 392 g/mol. The molecule has 1 amide bonds. The van der Waals surface area contributed by atoms with Crippen LogP contribution < -0.4 is 15.2 Å². The van der Waals surface area contributed by atoms with Gasteiger partial charge < -0.3 is 14.2 Å². The normalized spacial score (nSPS) is 10.9. The summed E-state index contributed by atoms with van der Waals surface area (Å²) in [6.07, 6.45) is 1.80. The van der Waals surface area contributed by atoms with Gasteiger partial charge in [0.05, 0.1) is 5.52 Å². The van der Waals surface area contributed by atoms with Gasteiger partial charge in [-0.1, -0.05) is 38.1 Å². The van der Waals surface area contributed by atoms with E-state index in [0.717, 1.165) is 29.4 Å². The summed E-state index contributed by atoms with van der Waals surface area (Å²) >= 11 is 0. The van der Waals surface area contributed by atoms with Crippen LogP contribution in [0.5, 0.6) is 5.75 Å². The number of carbonyl (C=O) groups excluding carboxylic acids is 1. The van der Waals surface area contributed by atoms with Crippen molar-refractivity contribution in [1.29, 1.82) is 0 Å². The molecule has 5 heteroatoms. The van der Waals surface area contributed by atoms with Gasteiger partial charge in [-0.2, -0.15) is 0 Å². The van der Waals surface area contributed by atoms with E-state index in [2.05, 4.69) is 6.92 Å². The molecule has 3 rings (SSSR count). The largest absolute Gasteiger partial charge is 0.483 e. The number of anilines is 1. The topological polar surface area (TPSA) is 51.5 Å². The maximum absolute atomic E-state index is 12.9. The van der Waals surface area contributed by atoms with Crippen molar-refractivity contribution in [3.05, 3.63) is 70.5 Å². The summed E-state index contributed by atoms with van der Waals surface area (Å²) in [4.78, 5) is 27.1. The van der Waals surface area contributed by atoms with Crippen molar-refractivity contribution >= 4 is 22.5 Å². The van der Waals surface area contributed by atoms with Crippen LogP contribution in [0.4, 0.5) is 5.69 Å². The lowest BCUT2D eigenvalue weighted by atomic mass is 10.1. The summed E-state index contributed by atoms with van der Waals surface area (Å²) in [7, 11) is 0. The smallest absolute Gasteiger partial charge is 0.264 e. The van der Waals surface area contributed by atoms with E-state index in [1.54, 1.807) is 9.47 Å². The van der Waals surface area contributed by atoms with E-state index in [1.807, 2.05) is 62.4 Å². The van der Waals surface area contributed by atoms with E-state index in [-0.39, 0.29) is 18.1 Å². The van der Waals surface area contributed by atoms with Crippen LogP contribution in [0.3, 0.4) is 0 Å². The van der Waals surface area contributed by atoms with E-state index >= 15 is 0 Å². The van der Waals surface area contributed by atoms with Crippen molar-refractivity contribution in [3.8, 4) is 5.75 Å². The molecule has 152 valence electrons. The molecule has 1 heterocycles. The average molecular weight is 392 g/mol. The number of benzene rings is 2. The van der Waals surface area contributed by atoms with E-state index < -0.39 is 0 Å². The first-order chi connectivity index (χ1) is 14.1. The van der Waals surface area contributed by atoms with Gasteiger partial charge in [0.2, 0.25) is 0 Å². The van der Waals surface area contributed by atoms with Crippen LogP contribution in [-0.4, -0.2) is 23.6 Å². The molecule has 0 aliphatic carbocycles. The van der Waals surface area contributed by atoms with Crippen LogP contribution in [0.1, 0.15) is 32.8 Å². The van der Waals surface area contributed by atoms with Crippen molar-refractivity contribution < 1.29 is 9.53 Å². The number of hydrogen-bond acceptors (Lipinski definition) is 3. The van der Waals surface area contributed by atoms with Gasteiger partial charge in [-0.3, -0.25) is 9.59 Å². The van der Waals surface area contributed by atoms with Gasteiger partial charge in [0.1, 0.15) is 5.75 Å². The van der Waals surface area contributed by atoms with E-state index in [1.165, 1.54) is 11.6 Å². The first kappa shape index (κ1) is 20.6. The van der Waals surface area contributed by atoms with E-state index in [9.17, 15) is 9.59 Å². The molecule has 29 heavy (non-hydrogen) atoms. The van der Waals surface area contributed by atoms with Gasteiger partial charge in [-0.05, 0) is 49.6 Å². The lowest BCUT2D eigenvalue weighted by Crippen LogP contribution is -2.35. The Morgan fingerprint density at radius 1 is 1.03 bits per heavy atom. The second kappa shape index (κ2) is 9.41. The van der Waals surface area contributed by atoms with Gasteiger partial charge in [0, 0.05) is 30.2 Å². The number of rotatable bonds is 8. The third kappa shape index (κ3) is 4.50. The van der Waals surface area contributed by atoms with Crippen LogP contribution in [0, 0.1) is 0 Å². The Balaban J connectivity index is 1.84. The van der Waals surface area contributed by atoms with E-state index in [0.29, 0.717) is 18.8 Å². The van der Waals surface area contributed by atoms with Crippen LogP contribution in [0.25, 0.3) is 10.9 Å².